The molecule has 0 heterocycles. The topological polar surface area (TPSA) is 120 Å². The third-order valence-corrected chi connectivity index (χ3v) is 2.97. The van der Waals surface area contributed by atoms with E-state index in [1.54, 1.807) is 6.07 Å². The van der Waals surface area contributed by atoms with Crippen LogP contribution in [0.2, 0.25) is 0 Å². The van der Waals surface area contributed by atoms with Crippen molar-refractivity contribution in [2.75, 3.05) is 12.8 Å². The average Bonchev–Trinajstić information content (AvgIpc) is 2.54. The van der Waals surface area contributed by atoms with Crippen LogP contribution in [0.1, 0.15) is 15.9 Å². The van der Waals surface area contributed by atoms with Crippen LogP contribution in [-0.2, 0) is 0 Å². The van der Waals surface area contributed by atoms with Crippen molar-refractivity contribution in [1.82, 2.24) is 5.43 Å². The van der Waals surface area contributed by atoms with Crippen LogP contribution >= 0.6 is 0 Å². The molecule has 0 aromatic heterocycles. The molecule has 0 saturated heterocycles. The predicted molar refractivity (Wildman–Crippen MR) is 85.5 cm³/mol. The number of halogens is 1. The van der Waals surface area contributed by atoms with Gasteiger partial charge in [0.25, 0.3) is 11.6 Å². The molecule has 0 spiro atoms. The van der Waals surface area contributed by atoms with E-state index in [1.807, 2.05) is 0 Å². The van der Waals surface area contributed by atoms with Crippen LogP contribution in [0.25, 0.3) is 0 Å². The second-order valence-electron chi connectivity index (χ2n) is 4.66. The second-order valence-corrected chi connectivity index (χ2v) is 4.66. The quantitative estimate of drug-likeness (QED) is 0.376. The molecule has 1 amide bonds. The number of carbonyl (C=O) groups is 1. The summed E-state index contributed by atoms with van der Waals surface area (Å²) in [5.41, 5.74) is 7.87. The predicted octanol–water partition coefficient (Wildman–Crippen LogP) is 2.09. The molecule has 0 aliphatic carbocycles. The first-order chi connectivity index (χ1) is 11.4. The van der Waals surface area contributed by atoms with Gasteiger partial charge in [-0.15, -0.1) is 0 Å². The summed E-state index contributed by atoms with van der Waals surface area (Å²) in [6.45, 7) is 0. The van der Waals surface area contributed by atoms with E-state index in [1.165, 1.54) is 31.5 Å². The van der Waals surface area contributed by atoms with E-state index in [0.29, 0.717) is 5.56 Å². The molecule has 0 fully saturated rings. The van der Waals surface area contributed by atoms with Crippen LogP contribution in [0.5, 0.6) is 5.75 Å². The Morgan fingerprint density at radius 2 is 2.12 bits per heavy atom. The molecule has 8 nitrogen and oxygen atoms in total. The van der Waals surface area contributed by atoms with Crippen molar-refractivity contribution in [3.05, 3.63) is 63.5 Å². The van der Waals surface area contributed by atoms with E-state index in [9.17, 15) is 19.3 Å². The van der Waals surface area contributed by atoms with E-state index >= 15 is 0 Å². The zero-order chi connectivity index (χ0) is 17.7. The molecule has 24 heavy (non-hydrogen) atoms. The third kappa shape index (κ3) is 4.03. The fraction of sp³-hybridized carbons (Fsp3) is 0.0667. The van der Waals surface area contributed by atoms with Gasteiger partial charge in [-0.1, -0.05) is 0 Å². The highest BCUT2D eigenvalue weighted by Gasteiger charge is 2.13. The Bertz CT molecular complexity index is 823. The molecule has 0 unspecified atom stereocenters. The Morgan fingerprint density at radius 1 is 1.38 bits per heavy atom. The number of rotatable bonds is 5. The van der Waals surface area contributed by atoms with Crippen molar-refractivity contribution < 1.29 is 18.8 Å². The molecule has 0 aliphatic rings. The van der Waals surface area contributed by atoms with Crippen LogP contribution in [0.4, 0.5) is 15.8 Å². The maximum atomic E-state index is 13.5. The molecular weight excluding hydrogens is 319 g/mol. The number of amides is 1. The van der Waals surface area contributed by atoms with Crippen LogP contribution < -0.4 is 15.9 Å². The number of ether oxygens (including phenoxy) is 1. The molecule has 124 valence electrons. The Balaban J connectivity index is 2.10. The third-order valence-electron chi connectivity index (χ3n) is 2.97. The number of nitro groups is 1. The van der Waals surface area contributed by atoms with Gasteiger partial charge in [0.15, 0.2) is 11.6 Å². The van der Waals surface area contributed by atoms with Crippen molar-refractivity contribution in [3.63, 3.8) is 0 Å². The minimum Gasteiger partial charge on any atom is -0.494 e. The summed E-state index contributed by atoms with van der Waals surface area (Å²) in [6, 6.07) is 7.64. The normalized spacial score (nSPS) is 10.6. The summed E-state index contributed by atoms with van der Waals surface area (Å²) in [6.07, 6.45) is 1.22. The maximum absolute atomic E-state index is 13.5. The molecule has 9 heteroatoms. The van der Waals surface area contributed by atoms with Gasteiger partial charge in [-0.05, 0) is 29.8 Å². The summed E-state index contributed by atoms with van der Waals surface area (Å²) in [5, 5.41) is 14.4. The number of nitrogens with one attached hydrogen (secondary N) is 1. The van der Waals surface area contributed by atoms with Gasteiger partial charge < -0.3 is 10.5 Å². The monoisotopic (exact) mass is 332 g/mol. The summed E-state index contributed by atoms with van der Waals surface area (Å²) in [5.74, 6) is -1.17. The number of hydrazone groups is 1. The van der Waals surface area contributed by atoms with Crippen LogP contribution in [0.3, 0.4) is 0 Å². The first kappa shape index (κ1) is 16.9. The summed E-state index contributed by atoms with van der Waals surface area (Å²) in [7, 11) is 1.34. The van der Waals surface area contributed by atoms with Gasteiger partial charge in [0.2, 0.25) is 0 Å². The molecule has 0 atom stereocenters. The maximum Gasteiger partial charge on any atom is 0.272 e. The second kappa shape index (κ2) is 7.18. The molecular formula is C15H13FN4O4. The molecule has 2 rings (SSSR count). The number of methoxy groups -OCH3 is 1. The molecule has 3 N–H and O–H groups in total. The lowest BCUT2D eigenvalue weighted by molar-refractivity contribution is -0.384. The first-order valence-corrected chi connectivity index (χ1v) is 6.62. The van der Waals surface area contributed by atoms with Crippen molar-refractivity contribution in [3.8, 4) is 5.75 Å². The van der Waals surface area contributed by atoms with Gasteiger partial charge in [0.1, 0.15) is 0 Å². The van der Waals surface area contributed by atoms with E-state index < -0.39 is 16.6 Å². The van der Waals surface area contributed by atoms with E-state index in [-0.39, 0.29) is 22.7 Å². The SMILES string of the molecule is COc1ccc(/C=N\NC(=O)c2cc(N)cc([N+](=O)[O-])c2)cc1F. The van der Waals surface area contributed by atoms with Gasteiger partial charge >= 0.3 is 0 Å². The summed E-state index contributed by atoms with van der Waals surface area (Å²) >= 11 is 0. The number of nitro benzene ring substituents is 1. The highest BCUT2D eigenvalue weighted by molar-refractivity contribution is 5.96. The van der Waals surface area contributed by atoms with Crippen molar-refractivity contribution in [2.45, 2.75) is 0 Å². The fourth-order valence-corrected chi connectivity index (χ4v) is 1.86. The highest BCUT2D eigenvalue weighted by atomic mass is 19.1. The number of hydrogen-bond donors (Lipinski definition) is 2. The molecule has 0 radical (unpaired) electrons. The fourth-order valence-electron chi connectivity index (χ4n) is 1.86. The first-order valence-electron chi connectivity index (χ1n) is 6.62. The number of nitrogen functional groups attached to an aromatic ring is 1. The number of carbonyl (C=O) groups excluding carboxylic acids is 1. The largest absolute Gasteiger partial charge is 0.494 e. The van der Waals surface area contributed by atoms with Gasteiger partial charge in [0, 0.05) is 17.8 Å². The lowest BCUT2D eigenvalue weighted by Gasteiger charge is -2.03. The Morgan fingerprint density at radius 3 is 2.75 bits per heavy atom. The lowest BCUT2D eigenvalue weighted by atomic mass is 10.1. The molecule has 0 bridgehead atoms. The van der Waals surface area contributed by atoms with Crippen molar-refractivity contribution >= 4 is 23.5 Å². The van der Waals surface area contributed by atoms with E-state index in [4.69, 9.17) is 10.5 Å². The smallest absolute Gasteiger partial charge is 0.272 e. The van der Waals surface area contributed by atoms with E-state index in [2.05, 4.69) is 10.5 Å². The van der Waals surface area contributed by atoms with Crippen molar-refractivity contribution in [1.29, 1.82) is 0 Å². The van der Waals surface area contributed by atoms with Gasteiger partial charge in [0.05, 0.1) is 23.8 Å². The highest BCUT2D eigenvalue weighted by Crippen LogP contribution is 2.19. The Hall–Kier alpha value is -3.49. The zero-order valence-electron chi connectivity index (χ0n) is 12.5. The molecule has 2 aromatic rings. The number of nitrogens with zero attached hydrogens (tertiary/aromatic N) is 2. The number of non-ortho nitro benzene ring substituents is 1. The lowest BCUT2D eigenvalue weighted by Crippen LogP contribution is -2.18. The number of hydrogen-bond acceptors (Lipinski definition) is 6. The van der Waals surface area contributed by atoms with E-state index in [0.717, 1.165) is 12.1 Å². The van der Waals surface area contributed by atoms with Crippen molar-refractivity contribution in [2.24, 2.45) is 5.10 Å². The van der Waals surface area contributed by atoms with Crippen LogP contribution in [0, 0.1) is 15.9 Å². The molecule has 2 aromatic carbocycles. The molecule has 0 aliphatic heterocycles. The Kier molecular flexibility index (Phi) is 5.05. The van der Waals surface area contributed by atoms with Gasteiger partial charge in [-0.3, -0.25) is 14.9 Å². The minimum atomic E-state index is -0.685. The minimum absolute atomic E-state index is 0.0141. The Labute approximate surface area is 135 Å². The standard InChI is InChI=1S/C15H13FN4O4/c1-24-14-3-2-9(4-13(14)16)8-18-19-15(21)10-5-11(17)7-12(6-10)20(22)23/h2-8H,17H2,1H3,(H,19,21)/b18-8-. The van der Waals surface area contributed by atoms with Gasteiger partial charge in [-0.25, -0.2) is 9.82 Å². The average molecular weight is 332 g/mol. The molecule has 0 saturated carbocycles. The number of anilines is 1. The number of benzene rings is 2. The summed E-state index contributed by atoms with van der Waals surface area (Å²) in [4.78, 5) is 22.0. The number of nitrogens with two attached hydrogens (primary N) is 1. The van der Waals surface area contributed by atoms with Gasteiger partial charge in [-0.2, -0.15) is 5.10 Å². The summed E-state index contributed by atoms with van der Waals surface area (Å²) < 4.78 is 18.3. The van der Waals surface area contributed by atoms with Crippen LogP contribution in [0.15, 0.2) is 41.5 Å². The van der Waals surface area contributed by atoms with Crippen LogP contribution in [-0.4, -0.2) is 24.2 Å². The zero-order valence-corrected chi connectivity index (χ0v) is 12.5.